The van der Waals surface area contributed by atoms with E-state index in [0.717, 1.165) is 31.2 Å². The lowest BCUT2D eigenvalue weighted by atomic mass is 10.0. The van der Waals surface area contributed by atoms with Gasteiger partial charge in [0.1, 0.15) is 5.75 Å². The van der Waals surface area contributed by atoms with E-state index in [2.05, 4.69) is 17.1 Å². The number of para-hydroxylation sites is 2. The highest BCUT2D eigenvalue weighted by atomic mass is 16.5. The Morgan fingerprint density at radius 3 is 3.00 bits per heavy atom. The number of rotatable bonds is 5. The molecule has 1 saturated heterocycles. The molecule has 0 aromatic heterocycles. The molecule has 1 N–H and O–H groups in total. The summed E-state index contributed by atoms with van der Waals surface area (Å²) in [5.74, 6) is 1.50. The third-order valence-corrected chi connectivity index (χ3v) is 3.78. The van der Waals surface area contributed by atoms with Crippen LogP contribution in [-0.4, -0.2) is 37.6 Å². The smallest absolute Gasteiger partial charge is 0.225 e. The van der Waals surface area contributed by atoms with Crippen molar-refractivity contribution < 1.29 is 9.53 Å². The lowest BCUT2D eigenvalue weighted by Gasteiger charge is -2.30. The molecule has 20 heavy (non-hydrogen) atoms. The number of piperidine rings is 1. The minimum Gasteiger partial charge on any atom is -0.495 e. The minimum atomic E-state index is 0.0488. The fraction of sp³-hybridized carbons (Fsp3) is 0.562. The van der Waals surface area contributed by atoms with Crippen LogP contribution in [-0.2, 0) is 4.79 Å². The molecule has 0 saturated carbocycles. The van der Waals surface area contributed by atoms with Crippen LogP contribution in [0.5, 0.6) is 5.75 Å². The molecule has 1 aliphatic heterocycles. The van der Waals surface area contributed by atoms with Crippen LogP contribution in [0, 0.1) is 5.92 Å². The number of carbonyl (C=O) groups is 1. The van der Waals surface area contributed by atoms with Crippen molar-refractivity contribution in [3.63, 3.8) is 0 Å². The van der Waals surface area contributed by atoms with Gasteiger partial charge < -0.3 is 15.0 Å². The van der Waals surface area contributed by atoms with E-state index >= 15 is 0 Å². The van der Waals surface area contributed by atoms with Crippen LogP contribution < -0.4 is 10.1 Å². The number of hydrogen-bond acceptors (Lipinski definition) is 3. The van der Waals surface area contributed by atoms with Crippen molar-refractivity contribution >= 4 is 11.6 Å². The number of benzene rings is 1. The number of nitrogens with zero attached hydrogens (tertiary/aromatic N) is 1. The summed E-state index contributed by atoms with van der Waals surface area (Å²) >= 11 is 0. The van der Waals surface area contributed by atoms with Crippen LogP contribution in [0.15, 0.2) is 24.3 Å². The molecule has 110 valence electrons. The molecule has 1 amide bonds. The molecule has 0 spiro atoms. The molecular formula is C16H24N2O2. The molecule has 2 rings (SSSR count). The van der Waals surface area contributed by atoms with E-state index in [0.29, 0.717) is 12.2 Å². The van der Waals surface area contributed by atoms with Gasteiger partial charge in [0.15, 0.2) is 0 Å². The van der Waals surface area contributed by atoms with E-state index in [1.165, 1.54) is 12.8 Å². The first kappa shape index (κ1) is 14.9. The Hall–Kier alpha value is -1.55. The van der Waals surface area contributed by atoms with Crippen molar-refractivity contribution in [3.05, 3.63) is 24.3 Å². The summed E-state index contributed by atoms with van der Waals surface area (Å²) < 4.78 is 5.23. The molecule has 0 radical (unpaired) electrons. The monoisotopic (exact) mass is 276 g/mol. The Morgan fingerprint density at radius 1 is 1.45 bits per heavy atom. The first-order valence-corrected chi connectivity index (χ1v) is 7.34. The van der Waals surface area contributed by atoms with Gasteiger partial charge in [0.25, 0.3) is 0 Å². The molecular weight excluding hydrogens is 252 g/mol. The lowest BCUT2D eigenvalue weighted by molar-refractivity contribution is -0.116. The van der Waals surface area contributed by atoms with Crippen LogP contribution in [0.2, 0.25) is 0 Å². The fourth-order valence-corrected chi connectivity index (χ4v) is 2.71. The topological polar surface area (TPSA) is 41.6 Å². The maximum atomic E-state index is 12.0. The van der Waals surface area contributed by atoms with Gasteiger partial charge in [-0.05, 0) is 37.4 Å². The van der Waals surface area contributed by atoms with Crippen LogP contribution >= 0.6 is 0 Å². The number of amides is 1. The SMILES string of the molecule is COc1ccccc1NC(=O)CCN1CCC[C@H](C)C1. The highest BCUT2D eigenvalue weighted by molar-refractivity contribution is 5.92. The molecule has 1 aromatic carbocycles. The van der Waals surface area contributed by atoms with Crippen LogP contribution in [0.4, 0.5) is 5.69 Å². The number of carbonyl (C=O) groups excluding carboxylic acids is 1. The second-order valence-corrected chi connectivity index (χ2v) is 5.55. The Kier molecular flexibility index (Phi) is 5.41. The van der Waals surface area contributed by atoms with Gasteiger partial charge in [0, 0.05) is 19.5 Å². The Labute approximate surface area is 121 Å². The van der Waals surface area contributed by atoms with Gasteiger partial charge in [0.05, 0.1) is 12.8 Å². The number of methoxy groups -OCH3 is 1. The molecule has 1 aliphatic rings. The highest BCUT2D eigenvalue weighted by Gasteiger charge is 2.17. The van der Waals surface area contributed by atoms with Crippen molar-refractivity contribution in [1.29, 1.82) is 0 Å². The number of anilines is 1. The van der Waals surface area contributed by atoms with Gasteiger partial charge in [-0.3, -0.25) is 4.79 Å². The van der Waals surface area contributed by atoms with Crippen molar-refractivity contribution in [2.24, 2.45) is 5.92 Å². The van der Waals surface area contributed by atoms with E-state index in [1.807, 2.05) is 24.3 Å². The van der Waals surface area contributed by atoms with Crippen molar-refractivity contribution in [3.8, 4) is 5.75 Å². The van der Waals surface area contributed by atoms with Gasteiger partial charge in [0.2, 0.25) is 5.91 Å². The summed E-state index contributed by atoms with van der Waals surface area (Å²) in [6.07, 6.45) is 3.09. The van der Waals surface area contributed by atoms with E-state index < -0.39 is 0 Å². The predicted octanol–water partition coefficient (Wildman–Crippen LogP) is 2.76. The number of hydrogen-bond donors (Lipinski definition) is 1. The van der Waals surface area contributed by atoms with E-state index in [4.69, 9.17) is 4.74 Å². The number of nitrogens with one attached hydrogen (secondary N) is 1. The third kappa shape index (κ3) is 4.23. The zero-order valence-electron chi connectivity index (χ0n) is 12.4. The van der Waals surface area contributed by atoms with Crippen LogP contribution in [0.1, 0.15) is 26.2 Å². The zero-order chi connectivity index (χ0) is 14.4. The molecule has 1 heterocycles. The molecule has 0 aliphatic carbocycles. The average Bonchev–Trinajstić information content (AvgIpc) is 2.46. The summed E-state index contributed by atoms with van der Waals surface area (Å²) in [5.41, 5.74) is 0.743. The first-order chi connectivity index (χ1) is 9.69. The van der Waals surface area contributed by atoms with Crippen LogP contribution in [0.3, 0.4) is 0 Å². The molecule has 0 unspecified atom stereocenters. The van der Waals surface area contributed by atoms with E-state index in [9.17, 15) is 4.79 Å². The lowest BCUT2D eigenvalue weighted by Crippen LogP contribution is -2.36. The molecule has 1 fully saturated rings. The maximum Gasteiger partial charge on any atom is 0.225 e. The van der Waals surface area contributed by atoms with Gasteiger partial charge in [-0.1, -0.05) is 19.1 Å². The summed E-state index contributed by atoms with van der Waals surface area (Å²) in [6.45, 7) is 5.35. The highest BCUT2D eigenvalue weighted by Crippen LogP contribution is 2.23. The zero-order valence-corrected chi connectivity index (χ0v) is 12.4. The first-order valence-electron chi connectivity index (χ1n) is 7.34. The molecule has 1 atom stereocenters. The van der Waals surface area contributed by atoms with E-state index in [-0.39, 0.29) is 5.91 Å². The second kappa shape index (κ2) is 7.29. The summed E-state index contributed by atoms with van der Waals surface area (Å²) in [5, 5.41) is 2.92. The van der Waals surface area contributed by atoms with Crippen LogP contribution in [0.25, 0.3) is 0 Å². The van der Waals surface area contributed by atoms with Crippen molar-refractivity contribution in [2.75, 3.05) is 32.1 Å². The maximum absolute atomic E-state index is 12.0. The van der Waals surface area contributed by atoms with Crippen molar-refractivity contribution in [2.45, 2.75) is 26.2 Å². The fourth-order valence-electron chi connectivity index (χ4n) is 2.71. The molecule has 1 aromatic rings. The number of ether oxygens (including phenoxy) is 1. The molecule has 4 heteroatoms. The summed E-state index contributed by atoms with van der Waals surface area (Å²) in [6, 6.07) is 7.50. The van der Waals surface area contributed by atoms with Gasteiger partial charge >= 0.3 is 0 Å². The summed E-state index contributed by atoms with van der Waals surface area (Å²) in [7, 11) is 1.61. The molecule has 4 nitrogen and oxygen atoms in total. The molecule has 0 bridgehead atoms. The van der Waals surface area contributed by atoms with Gasteiger partial charge in [-0.2, -0.15) is 0 Å². The normalized spacial score (nSPS) is 19.6. The van der Waals surface area contributed by atoms with Gasteiger partial charge in [-0.25, -0.2) is 0 Å². The van der Waals surface area contributed by atoms with Gasteiger partial charge in [-0.15, -0.1) is 0 Å². The predicted molar refractivity (Wildman–Crippen MR) is 81.1 cm³/mol. The Bertz CT molecular complexity index is 448. The number of likely N-dealkylation sites (tertiary alicyclic amines) is 1. The quantitative estimate of drug-likeness (QED) is 0.899. The van der Waals surface area contributed by atoms with Crippen molar-refractivity contribution in [1.82, 2.24) is 4.90 Å². The summed E-state index contributed by atoms with van der Waals surface area (Å²) in [4.78, 5) is 14.4. The Balaban J connectivity index is 1.80. The largest absolute Gasteiger partial charge is 0.495 e. The second-order valence-electron chi connectivity index (χ2n) is 5.55. The minimum absolute atomic E-state index is 0.0488. The standard InChI is InChI=1S/C16H24N2O2/c1-13-6-5-10-18(12-13)11-9-16(19)17-14-7-3-4-8-15(14)20-2/h3-4,7-8,13H,5-6,9-12H2,1-2H3,(H,17,19)/t13-/m0/s1. The van der Waals surface area contributed by atoms with E-state index in [1.54, 1.807) is 7.11 Å². The Morgan fingerprint density at radius 2 is 2.25 bits per heavy atom. The third-order valence-electron chi connectivity index (χ3n) is 3.78. The average molecular weight is 276 g/mol.